The summed E-state index contributed by atoms with van der Waals surface area (Å²) >= 11 is 1.44. The summed E-state index contributed by atoms with van der Waals surface area (Å²) in [5, 5.41) is 5.32. The molecule has 1 spiro atoms. The number of nitrogens with zero attached hydrogens (tertiary/aromatic N) is 1. The summed E-state index contributed by atoms with van der Waals surface area (Å²) in [4.78, 5) is 38.7. The fourth-order valence-electron chi connectivity index (χ4n) is 3.93. The molecule has 9 nitrogen and oxygen atoms in total. The molecule has 1 aromatic carbocycles. The molecule has 32 heavy (non-hydrogen) atoms. The second-order valence-corrected chi connectivity index (χ2v) is 11.0. The van der Waals surface area contributed by atoms with E-state index in [4.69, 9.17) is 0 Å². The van der Waals surface area contributed by atoms with Crippen LogP contribution in [0.4, 0.5) is 4.79 Å². The molecule has 1 aliphatic heterocycles. The predicted molar refractivity (Wildman–Crippen MR) is 118 cm³/mol. The lowest BCUT2D eigenvalue weighted by molar-refractivity contribution is -0.134. The second kappa shape index (κ2) is 8.64. The largest absolute Gasteiger partial charge is 0.344 e. The Balaban J connectivity index is 1.41. The quantitative estimate of drug-likeness (QED) is 0.552. The fourth-order valence-corrected chi connectivity index (χ4v) is 5.67. The summed E-state index contributed by atoms with van der Waals surface area (Å²) in [6.07, 6.45) is 2.72. The summed E-state index contributed by atoms with van der Waals surface area (Å²) in [5.41, 5.74) is 1.52. The van der Waals surface area contributed by atoms with Crippen molar-refractivity contribution in [1.82, 2.24) is 20.5 Å². The van der Waals surface area contributed by atoms with Crippen LogP contribution in [0, 0.1) is 5.92 Å². The predicted octanol–water partition coefficient (Wildman–Crippen LogP) is 2.37. The van der Waals surface area contributed by atoms with Gasteiger partial charge in [0.15, 0.2) is 0 Å². The van der Waals surface area contributed by atoms with E-state index in [-0.39, 0.29) is 17.0 Å². The number of sulfonamides is 1. The van der Waals surface area contributed by atoms with Crippen molar-refractivity contribution < 1.29 is 22.8 Å². The number of amides is 4. The smallest absolute Gasteiger partial charge is 0.322 e. The van der Waals surface area contributed by atoms with Gasteiger partial charge in [0, 0.05) is 17.0 Å². The van der Waals surface area contributed by atoms with E-state index >= 15 is 0 Å². The maximum Gasteiger partial charge on any atom is 0.344 e. The third-order valence-electron chi connectivity index (χ3n) is 5.95. The summed E-state index contributed by atoms with van der Waals surface area (Å²) in [5.74, 6) is -0.645. The third kappa shape index (κ3) is 4.41. The van der Waals surface area contributed by atoms with Gasteiger partial charge in [0.05, 0.1) is 4.90 Å². The Bertz CT molecular complexity index is 1120. The number of benzene rings is 1. The van der Waals surface area contributed by atoms with Crippen LogP contribution in [-0.4, -0.2) is 36.8 Å². The van der Waals surface area contributed by atoms with Crippen LogP contribution in [0.1, 0.15) is 47.8 Å². The zero-order valence-electron chi connectivity index (χ0n) is 17.5. The molecule has 2 fully saturated rings. The number of hydrazine groups is 1. The maximum atomic E-state index is 12.9. The molecule has 0 unspecified atom stereocenters. The highest BCUT2D eigenvalue weighted by Gasteiger charge is 2.52. The van der Waals surface area contributed by atoms with Crippen molar-refractivity contribution in [2.45, 2.75) is 49.6 Å². The number of nitrogens with one attached hydrogen (secondary N) is 3. The van der Waals surface area contributed by atoms with Crippen molar-refractivity contribution >= 4 is 39.2 Å². The maximum absolute atomic E-state index is 12.9. The highest BCUT2D eigenvalue weighted by molar-refractivity contribution is 7.89. The van der Waals surface area contributed by atoms with Gasteiger partial charge in [0.25, 0.3) is 11.8 Å². The van der Waals surface area contributed by atoms with Gasteiger partial charge in [-0.15, -0.1) is 11.3 Å². The van der Waals surface area contributed by atoms with Crippen LogP contribution in [0.3, 0.4) is 0 Å². The van der Waals surface area contributed by atoms with Crippen LogP contribution in [0.2, 0.25) is 0 Å². The Hall–Kier alpha value is -2.76. The first kappa shape index (κ1) is 22.4. The Labute approximate surface area is 190 Å². The van der Waals surface area contributed by atoms with Gasteiger partial charge in [0.2, 0.25) is 10.0 Å². The zero-order valence-corrected chi connectivity index (χ0v) is 19.1. The molecule has 0 bridgehead atoms. The fraction of sp³-hybridized carbons (Fsp3) is 0.381. The molecule has 11 heteroatoms. The number of urea groups is 1. The first-order valence-electron chi connectivity index (χ1n) is 10.3. The van der Waals surface area contributed by atoms with E-state index in [1.54, 1.807) is 0 Å². The summed E-state index contributed by atoms with van der Waals surface area (Å²) < 4.78 is 27.4. The molecular formula is C21H24N4O5S2. The summed E-state index contributed by atoms with van der Waals surface area (Å²) in [6.45, 7) is 2.28. The number of carbonyl (C=O) groups excluding carboxylic acids is 3. The van der Waals surface area contributed by atoms with E-state index in [1.807, 2.05) is 17.5 Å². The van der Waals surface area contributed by atoms with Gasteiger partial charge in [-0.3, -0.25) is 15.0 Å². The number of thiophene rings is 1. The lowest BCUT2D eigenvalue weighted by Crippen LogP contribution is -2.51. The van der Waals surface area contributed by atoms with Gasteiger partial charge >= 0.3 is 6.03 Å². The van der Waals surface area contributed by atoms with Crippen molar-refractivity contribution in [2.24, 2.45) is 5.92 Å². The SMILES string of the molecule is CC1CCC2(CC1)NC(=O)N(NC(=O)c1ccc(S(=O)(=O)NCc3cccs3)cc1)C2=O. The van der Waals surface area contributed by atoms with Crippen molar-refractivity contribution in [3.05, 3.63) is 52.2 Å². The molecular weight excluding hydrogens is 452 g/mol. The zero-order chi connectivity index (χ0) is 22.9. The average molecular weight is 477 g/mol. The molecule has 4 amide bonds. The van der Waals surface area contributed by atoms with E-state index in [0.29, 0.717) is 18.8 Å². The molecule has 0 atom stereocenters. The van der Waals surface area contributed by atoms with Crippen LogP contribution < -0.4 is 15.5 Å². The number of rotatable bonds is 6. The van der Waals surface area contributed by atoms with Gasteiger partial charge in [-0.1, -0.05) is 13.0 Å². The Morgan fingerprint density at radius 2 is 1.88 bits per heavy atom. The van der Waals surface area contributed by atoms with Gasteiger partial charge in [0.1, 0.15) is 5.54 Å². The lowest BCUT2D eigenvalue weighted by atomic mass is 9.77. The number of carbonyl (C=O) groups is 3. The topological polar surface area (TPSA) is 125 Å². The third-order valence-corrected chi connectivity index (χ3v) is 8.24. The van der Waals surface area contributed by atoms with E-state index in [1.165, 1.54) is 35.6 Å². The van der Waals surface area contributed by atoms with E-state index < -0.39 is 33.4 Å². The molecule has 2 heterocycles. The highest BCUT2D eigenvalue weighted by atomic mass is 32.2. The highest BCUT2D eigenvalue weighted by Crippen LogP contribution is 2.35. The molecule has 0 radical (unpaired) electrons. The first-order valence-corrected chi connectivity index (χ1v) is 12.7. The molecule has 1 aromatic heterocycles. The van der Waals surface area contributed by atoms with Crippen molar-refractivity contribution in [3.8, 4) is 0 Å². The van der Waals surface area contributed by atoms with Crippen LogP contribution in [0.25, 0.3) is 0 Å². The van der Waals surface area contributed by atoms with E-state index in [2.05, 4.69) is 22.4 Å². The normalized spacial score (nSPS) is 23.4. The van der Waals surface area contributed by atoms with Gasteiger partial charge in [-0.25, -0.2) is 17.9 Å². The van der Waals surface area contributed by atoms with Crippen LogP contribution in [0.15, 0.2) is 46.7 Å². The van der Waals surface area contributed by atoms with Crippen molar-refractivity contribution in [1.29, 1.82) is 0 Å². The van der Waals surface area contributed by atoms with Crippen LogP contribution in [-0.2, 0) is 21.4 Å². The standard InChI is InChI=1S/C21H24N4O5S2/c1-14-8-10-21(11-9-14)19(27)25(20(28)23-21)24-18(26)15-4-6-17(7-5-15)32(29,30)22-13-16-3-2-12-31-16/h2-7,12,14,22H,8-11,13H2,1H3,(H,23,28)(H,24,26). The van der Waals surface area contributed by atoms with Crippen molar-refractivity contribution in [3.63, 3.8) is 0 Å². The molecule has 1 saturated carbocycles. The Kier molecular flexibility index (Phi) is 6.06. The summed E-state index contributed by atoms with van der Waals surface area (Å²) in [7, 11) is -3.75. The number of imide groups is 1. The van der Waals surface area contributed by atoms with E-state index in [9.17, 15) is 22.8 Å². The molecule has 1 saturated heterocycles. The molecule has 4 rings (SSSR count). The Morgan fingerprint density at radius 3 is 2.50 bits per heavy atom. The number of hydrogen-bond acceptors (Lipinski definition) is 6. The minimum Gasteiger partial charge on any atom is -0.322 e. The van der Waals surface area contributed by atoms with Gasteiger partial charge < -0.3 is 5.32 Å². The van der Waals surface area contributed by atoms with Crippen molar-refractivity contribution in [2.75, 3.05) is 0 Å². The molecule has 3 N–H and O–H groups in total. The van der Waals surface area contributed by atoms with Gasteiger partial charge in [-0.05, 0) is 67.3 Å². The average Bonchev–Trinajstić information content (AvgIpc) is 3.38. The van der Waals surface area contributed by atoms with Crippen LogP contribution in [0.5, 0.6) is 0 Å². The minimum absolute atomic E-state index is 0.0101. The lowest BCUT2D eigenvalue weighted by Gasteiger charge is -2.33. The first-order chi connectivity index (χ1) is 15.2. The molecule has 2 aliphatic rings. The minimum atomic E-state index is -3.75. The molecule has 2 aromatic rings. The molecule has 1 aliphatic carbocycles. The summed E-state index contributed by atoms with van der Waals surface area (Å²) in [6, 6.07) is 8.30. The second-order valence-electron chi connectivity index (χ2n) is 8.20. The van der Waals surface area contributed by atoms with Crippen LogP contribution >= 0.6 is 11.3 Å². The van der Waals surface area contributed by atoms with E-state index in [0.717, 1.165) is 22.7 Å². The van der Waals surface area contributed by atoms with Gasteiger partial charge in [-0.2, -0.15) is 5.01 Å². The number of hydrogen-bond donors (Lipinski definition) is 3. The monoisotopic (exact) mass is 476 g/mol. The molecule has 170 valence electrons. The Morgan fingerprint density at radius 1 is 1.19 bits per heavy atom.